The molecule has 0 aliphatic carbocycles. The molecule has 4 bridgehead atoms. The van der Waals surface area contributed by atoms with Gasteiger partial charge < -0.3 is 18.6 Å². The van der Waals surface area contributed by atoms with Gasteiger partial charge in [0.05, 0.1) is 5.92 Å². The average molecular weight is 459 g/mol. The van der Waals surface area contributed by atoms with Gasteiger partial charge in [0.1, 0.15) is 30.5 Å². The summed E-state index contributed by atoms with van der Waals surface area (Å²) in [4.78, 5) is 12.5. The molecular weight excluding hydrogens is 420 g/mol. The molecule has 4 atom stereocenters. The van der Waals surface area contributed by atoms with Gasteiger partial charge in [0.2, 0.25) is 0 Å². The smallest absolute Gasteiger partial charge is 0.334 e. The molecular formula is C26H38O5Si. The van der Waals surface area contributed by atoms with E-state index in [0.29, 0.717) is 18.6 Å². The molecule has 0 amide bonds. The predicted octanol–water partition coefficient (Wildman–Crippen LogP) is 6.46. The van der Waals surface area contributed by atoms with Gasteiger partial charge in [0, 0.05) is 26.2 Å². The highest BCUT2D eigenvalue weighted by molar-refractivity contribution is 6.76. The first kappa shape index (κ1) is 24.7. The predicted molar refractivity (Wildman–Crippen MR) is 129 cm³/mol. The van der Waals surface area contributed by atoms with E-state index in [0.717, 1.165) is 40.7 Å². The molecule has 0 aromatic carbocycles. The maximum Gasteiger partial charge on any atom is 0.334 e. The number of furan rings is 1. The van der Waals surface area contributed by atoms with Crippen LogP contribution in [0, 0.1) is 12.8 Å². The lowest BCUT2D eigenvalue weighted by Gasteiger charge is -2.27. The topological polar surface area (TPSA) is 57.9 Å². The van der Waals surface area contributed by atoms with Crippen LogP contribution in [0.3, 0.4) is 0 Å². The molecule has 176 valence electrons. The lowest BCUT2D eigenvalue weighted by Crippen LogP contribution is -2.23. The number of carbonyl (C=O) groups is 1. The first-order valence-electron chi connectivity index (χ1n) is 11.5. The minimum atomic E-state index is -1.16. The van der Waals surface area contributed by atoms with Gasteiger partial charge in [0.15, 0.2) is 0 Å². The highest BCUT2D eigenvalue weighted by atomic mass is 28.3. The summed E-state index contributed by atoms with van der Waals surface area (Å²) in [6, 6.07) is 3.11. The van der Waals surface area contributed by atoms with Crippen molar-refractivity contribution >= 4 is 14.0 Å². The Morgan fingerprint density at radius 3 is 2.56 bits per heavy atom. The van der Waals surface area contributed by atoms with Crippen molar-refractivity contribution in [3.05, 3.63) is 59.1 Å². The van der Waals surface area contributed by atoms with E-state index < -0.39 is 8.07 Å². The third kappa shape index (κ3) is 5.72. The van der Waals surface area contributed by atoms with Gasteiger partial charge in [-0.1, -0.05) is 43.9 Å². The average Bonchev–Trinajstić information content (AvgIpc) is 3.20. The minimum absolute atomic E-state index is 0.0116. The van der Waals surface area contributed by atoms with Crippen LogP contribution in [0.15, 0.2) is 46.4 Å². The summed E-state index contributed by atoms with van der Waals surface area (Å²) in [5.41, 5.74) is 3.61. The van der Waals surface area contributed by atoms with E-state index >= 15 is 0 Å². The molecule has 2 aliphatic heterocycles. The Labute approximate surface area is 193 Å². The maximum absolute atomic E-state index is 12.5. The highest BCUT2D eigenvalue weighted by Crippen LogP contribution is 2.43. The number of esters is 1. The summed E-state index contributed by atoms with van der Waals surface area (Å²) in [6.45, 7) is 22.2. The second-order valence-electron chi connectivity index (χ2n) is 10.5. The van der Waals surface area contributed by atoms with E-state index in [1.54, 1.807) is 0 Å². The number of hydrogen-bond donors (Lipinski definition) is 0. The molecule has 6 heteroatoms. The zero-order valence-electron chi connectivity index (χ0n) is 20.5. The fraction of sp³-hybridized carbons (Fsp3) is 0.577. The van der Waals surface area contributed by atoms with E-state index in [4.69, 9.17) is 18.6 Å². The quantitative estimate of drug-likeness (QED) is 0.147. The van der Waals surface area contributed by atoms with E-state index in [9.17, 15) is 4.79 Å². The maximum atomic E-state index is 12.5. The van der Waals surface area contributed by atoms with Crippen LogP contribution in [0.25, 0.3) is 0 Å². The summed E-state index contributed by atoms with van der Waals surface area (Å²) in [7, 11) is -1.16. The van der Waals surface area contributed by atoms with E-state index in [1.807, 2.05) is 32.9 Å². The highest BCUT2D eigenvalue weighted by Gasteiger charge is 2.39. The van der Waals surface area contributed by atoms with Gasteiger partial charge in [-0.2, -0.15) is 0 Å². The van der Waals surface area contributed by atoms with Crippen LogP contribution in [-0.2, 0) is 19.0 Å². The third-order valence-electron chi connectivity index (χ3n) is 6.32. The Bertz CT molecular complexity index is 904. The SMILES string of the molecule is C=C(C)[C@@H]1CCC2=C[C@H](OC2=O)[C@@H](C(=C)C)c2cc(C)c(o2)[C@H]1OCOCC[Si](C)(C)C. The van der Waals surface area contributed by atoms with Crippen molar-refractivity contribution in [2.75, 3.05) is 13.4 Å². The summed E-state index contributed by atoms with van der Waals surface area (Å²) >= 11 is 0. The minimum Gasteiger partial charge on any atom is -0.462 e. The number of rotatable bonds is 8. The zero-order valence-corrected chi connectivity index (χ0v) is 21.5. The molecule has 32 heavy (non-hydrogen) atoms. The van der Waals surface area contributed by atoms with Crippen LogP contribution >= 0.6 is 0 Å². The van der Waals surface area contributed by atoms with E-state index in [-0.39, 0.29) is 36.8 Å². The van der Waals surface area contributed by atoms with Gasteiger partial charge in [-0.15, -0.1) is 0 Å². The molecule has 3 heterocycles. The second kappa shape index (κ2) is 9.94. The fourth-order valence-corrected chi connectivity index (χ4v) is 5.15. The lowest BCUT2D eigenvalue weighted by molar-refractivity contribution is -0.140. The van der Waals surface area contributed by atoms with Crippen molar-refractivity contribution in [2.45, 2.75) is 77.4 Å². The molecule has 2 aliphatic rings. The van der Waals surface area contributed by atoms with Crippen LogP contribution < -0.4 is 0 Å². The van der Waals surface area contributed by atoms with Crippen molar-refractivity contribution in [2.24, 2.45) is 5.92 Å². The number of carbonyl (C=O) groups excluding carboxylic acids is 1. The number of aryl methyl sites for hydroxylation is 1. The molecule has 0 saturated heterocycles. The first-order valence-corrected chi connectivity index (χ1v) is 15.2. The molecule has 0 unspecified atom stereocenters. The number of hydrogen-bond acceptors (Lipinski definition) is 5. The van der Waals surface area contributed by atoms with Gasteiger partial charge in [-0.05, 0) is 57.4 Å². The molecule has 5 nitrogen and oxygen atoms in total. The monoisotopic (exact) mass is 458 g/mol. The molecule has 0 spiro atoms. The van der Waals surface area contributed by atoms with Crippen LogP contribution in [0.2, 0.25) is 25.7 Å². The van der Waals surface area contributed by atoms with Gasteiger partial charge >= 0.3 is 5.97 Å². The molecule has 0 N–H and O–H groups in total. The molecule has 1 aromatic heterocycles. The van der Waals surface area contributed by atoms with Crippen LogP contribution in [0.1, 0.15) is 55.8 Å². The molecule has 0 saturated carbocycles. The third-order valence-corrected chi connectivity index (χ3v) is 8.02. The second-order valence-corrected chi connectivity index (χ2v) is 16.1. The first-order chi connectivity index (χ1) is 15.0. The number of fused-ring (bicyclic) bond motifs is 3. The van der Waals surface area contributed by atoms with E-state index in [1.165, 1.54) is 0 Å². The molecule has 0 radical (unpaired) electrons. The van der Waals surface area contributed by atoms with Crippen LogP contribution in [0.4, 0.5) is 0 Å². The Kier molecular flexibility index (Phi) is 7.68. The number of ether oxygens (including phenoxy) is 3. The Balaban J connectivity index is 1.92. The standard InChI is InChI=1S/C26H38O5Si/c1-16(2)20-10-9-19-14-22(31-26(19)27)23(17(3)4)21-13-18(5)24(30-21)25(20)29-15-28-11-12-32(6,7)8/h13-14,20,22-23,25H,1,3,9-12,15H2,2,4-8H3/t20-,22-,23-,25-/m0/s1. The lowest BCUT2D eigenvalue weighted by atomic mass is 9.86. The fourth-order valence-electron chi connectivity index (χ4n) is 4.39. The largest absolute Gasteiger partial charge is 0.462 e. The molecule has 0 fully saturated rings. The van der Waals surface area contributed by atoms with Gasteiger partial charge in [0.25, 0.3) is 0 Å². The van der Waals surface area contributed by atoms with Crippen molar-refractivity contribution in [1.29, 1.82) is 0 Å². The van der Waals surface area contributed by atoms with Crippen molar-refractivity contribution in [3.8, 4) is 0 Å². The van der Waals surface area contributed by atoms with Crippen LogP contribution in [0.5, 0.6) is 0 Å². The van der Waals surface area contributed by atoms with Crippen LogP contribution in [-0.4, -0.2) is 33.5 Å². The van der Waals surface area contributed by atoms with Crippen molar-refractivity contribution in [3.63, 3.8) is 0 Å². The molecule has 1 aromatic rings. The van der Waals surface area contributed by atoms with Gasteiger partial charge in [-0.3, -0.25) is 0 Å². The zero-order chi connectivity index (χ0) is 23.6. The van der Waals surface area contributed by atoms with Crippen molar-refractivity contribution < 1.29 is 23.4 Å². The summed E-state index contributed by atoms with van der Waals surface area (Å²) < 4.78 is 24.3. The Morgan fingerprint density at radius 2 is 1.94 bits per heavy atom. The van der Waals surface area contributed by atoms with Crippen molar-refractivity contribution in [1.82, 2.24) is 0 Å². The van der Waals surface area contributed by atoms with E-state index in [2.05, 4.69) is 32.8 Å². The normalized spacial score (nSPS) is 25.7. The summed E-state index contributed by atoms with van der Waals surface area (Å²) in [5, 5.41) is 0. The molecule has 3 rings (SSSR count). The van der Waals surface area contributed by atoms with Gasteiger partial charge in [-0.25, -0.2) is 4.79 Å². The Morgan fingerprint density at radius 1 is 1.22 bits per heavy atom. The Hall–Kier alpha value is -1.89. The summed E-state index contributed by atoms with van der Waals surface area (Å²) in [6.07, 6.45) is 2.55. The summed E-state index contributed by atoms with van der Waals surface area (Å²) in [5.74, 6) is 1.05.